The fourth-order valence-electron chi connectivity index (χ4n) is 3.12. The molecule has 0 saturated carbocycles. The average molecular weight is 532 g/mol. The van der Waals surface area contributed by atoms with Crippen molar-refractivity contribution in [3.05, 3.63) is 81.3 Å². The molecule has 0 unspecified atom stereocenters. The number of benzene rings is 2. The Kier molecular flexibility index (Phi) is 7.45. The highest BCUT2D eigenvalue weighted by Gasteiger charge is 2.17. The van der Waals surface area contributed by atoms with Crippen LogP contribution in [0, 0.1) is 6.92 Å². The Morgan fingerprint density at radius 3 is 2.43 bits per heavy atom. The number of aryl methyl sites for hydroxylation is 1. The topological polar surface area (TPSA) is 94.0 Å². The average Bonchev–Trinajstić information content (AvgIpc) is 3.23. The first-order chi connectivity index (χ1) is 16.7. The van der Waals surface area contributed by atoms with Gasteiger partial charge < -0.3 is 10.1 Å². The van der Waals surface area contributed by atoms with Gasteiger partial charge in [0.05, 0.1) is 22.1 Å². The zero-order chi connectivity index (χ0) is 25.1. The number of nitrogens with one attached hydrogen (secondary N) is 2. The summed E-state index contributed by atoms with van der Waals surface area (Å²) >= 11 is 18.6. The van der Waals surface area contributed by atoms with E-state index in [0.29, 0.717) is 11.5 Å². The van der Waals surface area contributed by atoms with Crippen LogP contribution in [0.2, 0.25) is 15.3 Å². The summed E-state index contributed by atoms with van der Waals surface area (Å²) < 4.78 is 7.32. The van der Waals surface area contributed by atoms with Gasteiger partial charge in [-0.05, 0) is 48.7 Å². The van der Waals surface area contributed by atoms with Gasteiger partial charge in [0, 0.05) is 18.3 Å². The summed E-state index contributed by atoms with van der Waals surface area (Å²) in [6.07, 6.45) is 1.45. The summed E-state index contributed by atoms with van der Waals surface area (Å²) in [7, 11) is 0. The first-order valence-electron chi connectivity index (χ1n) is 10.6. The van der Waals surface area contributed by atoms with Crippen molar-refractivity contribution < 1.29 is 9.53 Å². The monoisotopic (exact) mass is 530 g/mol. The maximum atomic E-state index is 12.8. The molecule has 4 aromatic rings. The van der Waals surface area contributed by atoms with Crippen LogP contribution in [-0.4, -0.2) is 25.8 Å². The van der Waals surface area contributed by atoms with Crippen LogP contribution in [0.4, 0.5) is 16.3 Å². The van der Waals surface area contributed by atoms with E-state index in [9.17, 15) is 4.79 Å². The fourth-order valence-corrected chi connectivity index (χ4v) is 3.67. The highest BCUT2D eigenvalue weighted by atomic mass is 35.5. The van der Waals surface area contributed by atoms with Gasteiger partial charge in [-0.1, -0.05) is 54.7 Å². The van der Waals surface area contributed by atoms with Crippen molar-refractivity contribution in [3.63, 3.8) is 0 Å². The predicted octanol–water partition coefficient (Wildman–Crippen LogP) is 7.49. The van der Waals surface area contributed by atoms with Gasteiger partial charge in [-0.25, -0.2) is 14.5 Å². The number of halogens is 3. The van der Waals surface area contributed by atoms with Gasteiger partial charge in [-0.2, -0.15) is 10.1 Å². The molecule has 0 bridgehead atoms. The minimum absolute atomic E-state index is 0.0326. The van der Waals surface area contributed by atoms with Crippen LogP contribution in [0.1, 0.15) is 31.0 Å². The Morgan fingerprint density at radius 1 is 1.00 bits per heavy atom. The van der Waals surface area contributed by atoms with Crippen LogP contribution in [0.15, 0.2) is 54.7 Å². The molecule has 2 heterocycles. The van der Waals surface area contributed by atoms with E-state index in [1.54, 1.807) is 16.8 Å². The van der Waals surface area contributed by atoms with Gasteiger partial charge in [0.2, 0.25) is 11.2 Å². The third kappa shape index (κ3) is 5.85. The molecule has 0 aliphatic carbocycles. The molecule has 4 rings (SSSR count). The van der Waals surface area contributed by atoms with E-state index in [4.69, 9.17) is 39.5 Å². The molecule has 2 N–H and O–H groups in total. The van der Waals surface area contributed by atoms with Gasteiger partial charge >= 0.3 is 6.03 Å². The first-order valence-corrected chi connectivity index (χ1v) is 11.7. The summed E-state index contributed by atoms with van der Waals surface area (Å²) in [5.74, 6) is 1.14. The third-order valence-corrected chi connectivity index (χ3v) is 6.00. The molecule has 0 aliphatic rings. The second-order valence-corrected chi connectivity index (χ2v) is 9.03. The molecule has 0 saturated heterocycles. The number of carbonyl (C=O) groups excluding carboxylic acids is 1. The van der Waals surface area contributed by atoms with Gasteiger partial charge in [-0.3, -0.25) is 5.32 Å². The first kappa shape index (κ1) is 24.8. The predicted molar refractivity (Wildman–Crippen MR) is 139 cm³/mol. The molecule has 2 aromatic heterocycles. The number of urea groups is 1. The van der Waals surface area contributed by atoms with Crippen LogP contribution in [0.5, 0.6) is 11.6 Å². The van der Waals surface area contributed by atoms with Crippen LogP contribution in [0.3, 0.4) is 0 Å². The normalized spacial score (nSPS) is 10.9. The van der Waals surface area contributed by atoms with Gasteiger partial charge in [0.15, 0.2) is 0 Å². The van der Waals surface area contributed by atoms with E-state index in [0.717, 1.165) is 16.9 Å². The lowest BCUT2D eigenvalue weighted by molar-refractivity contribution is 0.262. The number of carbonyl (C=O) groups is 1. The molecule has 0 atom stereocenters. The standard InChI is InChI=1S/C24H21Cl3N6O2/c1-13(2)17-12-19(33(32-17)15-6-4-14(3)5-7-15)30-24(34)29-16-8-9-18(22(26)21(16)25)35-20-10-11-28-23(27)31-20/h4-13H,1-3H3,(H2,29,30,34). The number of nitrogens with zero attached hydrogens (tertiary/aromatic N) is 4. The van der Waals surface area contributed by atoms with Crippen LogP contribution >= 0.6 is 34.8 Å². The fraction of sp³-hybridized carbons (Fsp3) is 0.167. The lowest BCUT2D eigenvalue weighted by Gasteiger charge is -2.13. The number of rotatable bonds is 6. The summed E-state index contributed by atoms with van der Waals surface area (Å²) in [6.45, 7) is 6.08. The second-order valence-electron chi connectivity index (χ2n) is 7.94. The lowest BCUT2D eigenvalue weighted by atomic mass is 10.1. The smallest absolute Gasteiger partial charge is 0.324 e. The van der Waals surface area contributed by atoms with Crippen molar-refractivity contribution >= 4 is 52.3 Å². The lowest BCUT2D eigenvalue weighted by Crippen LogP contribution is -2.21. The van der Waals surface area contributed by atoms with E-state index < -0.39 is 6.03 Å². The largest absolute Gasteiger partial charge is 0.437 e. The molecule has 0 radical (unpaired) electrons. The highest BCUT2D eigenvalue weighted by Crippen LogP contribution is 2.39. The van der Waals surface area contributed by atoms with E-state index in [-0.39, 0.29) is 32.9 Å². The van der Waals surface area contributed by atoms with E-state index in [1.165, 1.54) is 12.3 Å². The van der Waals surface area contributed by atoms with Crippen molar-refractivity contribution in [3.8, 4) is 17.3 Å². The van der Waals surface area contributed by atoms with Crippen molar-refractivity contribution in [1.82, 2.24) is 19.7 Å². The number of amides is 2. The van der Waals surface area contributed by atoms with E-state index in [1.807, 2.05) is 51.1 Å². The third-order valence-electron chi connectivity index (χ3n) is 4.95. The molecule has 0 spiro atoms. The number of ether oxygens (including phenoxy) is 1. The number of anilines is 2. The Bertz CT molecular complexity index is 1370. The van der Waals surface area contributed by atoms with Gasteiger partial charge in [0.25, 0.3) is 0 Å². The Labute approximate surface area is 217 Å². The van der Waals surface area contributed by atoms with Crippen LogP contribution in [0.25, 0.3) is 5.69 Å². The van der Waals surface area contributed by atoms with Gasteiger partial charge in [-0.15, -0.1) is 0 Å². The molecular formula is C24H21Cl3N6O2. The molecule has 2 aromatic carbocycles. The van der Waals surface area contributed by atoms with E-state index >= 15 is 0 Å². The minimum atomic E-state index is -0.511. The summed E-state index contributed by atoms with van der Waals surface area (Å²) in [5.41, 5.74) is 3.09. The zero-order valence-corrected chi connectivity index (χ0v) is 21.3. The summed E-state index contributed by atoms with van der Waals surface area (Å²) in [6, 6.07) is 13.8. The maximum absolute atomic E-state index is 12.8. The van der Waals surface area contributed by atoms with Gasteiger partial charge in [0.1, 0.15) is 16.6 Å². The van der Waals surface area contributed by atoms with Crippen LogP contribution in [-0.2, 0) is 0 Å². The molecule has 2 amide bonds. The van der Waals surface area contributed by atoms with Crippen molar-refractivity contribution in [2.24, 2.45) is 0 Å². The molecule has 0 aliphatic heterocycles. The summed E-state index contributed by atoms with van der Waals surface area (Å²) in [5, 5.41) is 10.4. The van der Waals surface area contributed by atoms with Crippen LogP contribution < -0.4 is 15.4 Å². The number of aromatic nitrogens is 4. The Balaban J connectivity index is 1.53. The molecule has 8 nitrogen and oxygen atoms in total. The molecule has 180 valence electrons. The Hall–Kier alpha value is -3.33. The summed E-state index contributed by atoms with van der Waals surface area (Å²) in [4.78, 5) is 20.6. The van der Waals surface area contributed by atoms with Crippen molar-refractivity contribution in [1.29, 1.82) is 0 Å². The zero-order valence-electron chi connectivity index (χ0n) is 19.0. The molecule has 11 heteroatoms. The molecular weight excluding hydrogens is 511 g/mol. The molecule has 0 fully saturated rings. The quantitative estimate of drug-likeness (QED) is 0.251. The molecule has 35 heavy (non-hydrogen) atoms. The number of hydrogen-bond donors (Lipinski definition) is 2. The SMILES string of the molecule is Cc1ccc(-n2nc(C(C)C)cc2NC(=O)Nc2ccc(Oc3ccnc(Cl)n3)c(Cl)c2Cl)cc1. The maximum Gasteiger partial charge on any atom is 0.324 e. The van der Waals surface area contributed by atoms with Crippen molar-refractivity contribution in [2.45, 2.75) is 26.7 Å². The minimum Gasteiger partial charge on any atom is -0.437 e. The second kappa shape index (κ2) is 10.5. The highest BCUT2D eigenvalue weighted by molar-refractivity contribution is 6.45. The Morgan fingerprint density at radius 2 is 1.74 bits per heavy atom. The number of hydrogen-bond acceptors (Lipinski definition) is 5. The van der Waals surface area contributed by atoms with E-state index in [2.05, 4.69) is 25.7 Å². The van der Waals surface area contributed by atoms with Crippen molar-refractivity contribution in [2.75, 3.05) is 10.6 Å².